The van der Waals surface area contributed by atoms with E-state index in [2.05, 4.69) is 4.99 Å². The van der Waals surface area contributed by atoms with Crippen LogP contribution in [0.3, 0.4) is 0 Å². The highest BCUT2D eigenvalue weighted by Crippen LogP contribution is 2.31. The van der Waals surface area contributed by atoms with E-state index in [1.54, 1.807) is 18.2 Å². The fourth-order valence-corrected chi connectivity index (χ4v) is 1.62. The molecule has 0 unspecified atom stereocenters. The van der Waals surface area contributed by atoms with E-state index in [9.17, 15) is 4.39 Å². The Morgan fingerprint density at radius 3 is 2.53 bits per heavy atom. The van der Waals surface area contributed by atoms with Gasteiger partial charge in [-0.15, -0.1) is 0 Å². The Morgan fingerprint density at radius 1 is 1.16 bits per heavy atom. The maximum Gasteiger partial charge on any atom is 0.159 e. The third kappa shape index (κ3) is 3.72. The molecule has 0 fully saturated rings. The summed E-state index contributed by atoms with van der Waals surface area (Å²) < 4.78 is 18.5. The van der Waals surface area contributed by atoms with Gasteiger partial charge in [0.1, 0.15) is 17.3 Å². The second-order valence-corrected chi connectivity index (χ2v) is 4.50. The number of halogens is 1. The molecule has 2 N–H and O–H groups in total. The Balaban J connectivity index is 2.27. The number of aliphatic imine (C=N–C) groups is 1. The summed E-state index contributed by atoms with van der Waals surface area (Å²) in [6, 6.07) is 13.1. The molecule has 3 nitrogen and oxygen atoms in total. The van der Waals surface area contributed by atoms with Gasteiger partial charge >= 0.3 is 0 Å². The highest BCUT2D eigenvalue weighted by atomic mass is 32.2. The van der Waals surface area contributed by atoms with E-state index in [-0.39, 0.29) is 5.82 Å². The van der Waals surface area contributed by atoms with Gasteiger partial charge in [-0.25, -0.2) is 9.38 Å². The lowest BCUT2D eigenvalue weighted by atomic mass is 10.3. The average molecular weight is 276 g/mol. The lowest BCUT2D eigenvalue weighted by molar-refractivity contribution is 0.482. The number of ether oxygens (including phenoxy) is 1. The number of rotatable bonds is 3. The van der Waals surface area contributed by atoms with Crippen LogP contribution in [-0.2, 0) is 0 Å². The summed E-state index contributed by atoms with van der Waals surface area (Å²) in [5.74, 6) is 0.822. The molecule has 0 radical (unpaired) electrons. The average Bonchev–Trinajstić information content (AvgIpc) is 2.43. The van der Waals surface area contributed by atoms with Crippen LogP contribution in [0.15, 0.2) is 53.5 Å². The van der Waals surface area contributed by atoms with Gasteiger partial charge in [-0.1, -0.05) is 23.9 Å². The predicted molar refractivity (Wildman–Crippen MR) is 77.7 cm³/mol. The Labute approximate surface area is 115 Å². The quantitative estimate of drug-likeness (QED) is 0.682. The van der Waals surface area contributed by atoms with E-state index in [4.69, 9.17) is 10.5 Å². The van der Waals surface area contributed by atoms with E-state index in [1.165, 1.54) is 23.9 Å². The molecule has 5 heteroatoms. The number of para-hydroxylation sites is 2. The van der Waals surface area contributed by atoms with Gasteiger partial charge in [-0.3, -0.25) is 0 Å². The van der Waals surface area contributed by atoms with Crippen molar-refractivity contribution in [3.8, 4) is 11.5 Å². The van der Waals surface area contributed by atoms with Crippen molar-refractivity contribution in [1.29, 1.82) is 0 Å². The van der Waals surface area contributed by atoms with E-state index in [0.717, 1.165) is 0 Å². The minimum atomic E-state index is -0.301. The number of hydrogen-bond donors (Lipinski definition) is 1. The Morgan fingerprint density at radius 2 is 1.84 bits per heavy atom. The van der Waals surface area contributed by atoms with Gasteiger partial charge in [0.2, 0.25) is 0 Å². The van der Waals surface area contributed by atoms with Crippen LogP contribution in [0.4, 0.5) is 10.1 Å². The van der Waals surface area contributed by atoms with Gasteiger partial charge < -0.3 is 10.5 Å². The molecule has 0 saturated carbocycles. The third-order valence-electron chi connectivity index (χ3n) is 2.35. The van der Waals surface area contributed by atoms with Crippen molar-refractivity contribution in [2.75, 3.05) is 6.26 Å². The highest BCUT2D eigenvalue weighted by molar-refractivity contribution is 8.13. The van der Waals surface area contributed by atoms with Gasteiger partial charge in [0.05, 0.1) is 0 Å². The molecular weight excluding hydrogens is 263 g/mol. The van der Waals surface area contributed by atoms with Crippen LogP contribution in [0.1, 0.15) is 0 Å². The lowest BCUT2D eigenvalue weighted by Gasteiger charge is -2.08. The summed E-state index contributed by atoms with van der Waals surface area (Å²) in [7, 11) is 0. The molecule has 0 atom stereocenters. The zero-order valence-electron chi connectivity index (χ0n) is 10.3. The van der Waals surface area contributed by atoms with Crippen LogP contribution in [0, 0.1) is 5.82 Å². The van der Waals surface area contributed by atoms with Gasteiger partial charge in [0.15, 0.2) is 10.9 Å². The first-order chi connectivity index (χ1) is 9.19. The van der Waals surface area contributed by atoms with Gasteiger partial charge in [-0.05, 0) is 42.7 Å². The fraction of sp³-hybridized carbons (Fsp3) is 0.0714. The van der Waals surface area contributed by atoms with Crippen molar-refractivity contribution in [2.45, 2.75) is 0 Å². The van der Waals surface area contributed by atoms with Crippen molar-refractivity contribution in [2.24, 2.45) is 10.7 Å². The first kappa shape index (κ1) is 13.4. The minimum Gasteiger partial charge on any atom is -0.455 e. The SMILES string of the molecule is CSC(N)=Nc1ccccc1Oc1ccc(F)cc1. The molecule has 0 spiro atoms. The van der Waals surface area contributed by atoms with Crippen molar-refractivity contribution < 1.29 is 9.13 Å². The summed E-state index contributed by atoms with van der Waals surface area (Å²) in [6.45, 7) is 0. The van der Waals surface area contributed by atoms with Crippen molar-refractivity contribution in [3.05, 3.63) is 54.3 Å². The van der Waals surface area contributed by atoms with E-state index in [0.29, 0.717) is 22.4 Å². The van der Waals surface area contributed by atoms with Crippen molar-refractivity contribution >= 4 is 22.6 Å². The first-order valence-corrected chi connectivity index (χ1v) is 6.82. The number of benzene rings is 2. The summed E-state index contributed by atoms with van der Waals surface area (Å²) in [4.78, 5) is 4.25. The van der Waals surface area contributed by atoms with Crippen LogP contribution < -0.4 is 10.5 Å². The van der Waals surface area contributed by atoms with E-state index < -0.39 is 0 Å². The van der Waals surface area contributed by atoms with Gasteiger partial charge in [0, 0.05) is 0 Å². The number of hydrogen-bond acceptors (Lipinski definition) is 3. The maximum atomic E-state index is 12.8. The third-order valence-corrected chi connectivity index (χ3v) is 2.86. The molecule has 2 aromatic carbocycles. The van der Waals surface area contributed by atoms with Gasteiger partial charge in [-0.2, -0.15) is 0 Å². The number of thioether (sulfide) groups is 1. The smallest absolute Gasteiger partial charge is 0.159 e. The van der Waals surface area contributed by atoms with Crippen LogP contribution in [0.25, 0.3) is 0 Å². The summed E-state index contributed by atoms with van der Waals surface area (Å²) in [6.07, 6.45) is 1.85. The van der Waals surface area contributed by atoms with Crippen LogP contribution >= 0.6 is 11.8 Å². The number of amidine groups is 1. The topological polar surface area (TPSA) is 47.6 Å². The minimum absolute atomic E-state index is 0.301. The zero-order valence-corrected chi connectivity index (χ0v) is 11.2. The molecule has 19 heavy (non-hydrogen) atoms. The van der Waals surface area contributed by atoms with E-state index in [1.807, 2.05) is 24.5 Å². The molecule has 0 bridgehead atoms. The first-order valence-electron chi connectivity index (χ1n) is 5.59. The van der Waals surface area contributed by atoms with Crippen LogP contribution in [0.2, 0.25) is 0 Å². The molecule has 0 aliphatic rings. The van der Waals surface area contributed by atoms with E-state index >= 15 is 0 Å². The fourth-order valence-electron chi connectivity index (χ4n) is 1.43. The highest BCUT2D eigenvalue weighted by Gasteiger charge is 2.04. The lowest BCUT2D eigenvalue weighted by Crippen LogP contribution is -2.04. The summed E-state index contributed by atoms with van der Waals surface area (Å²) in [5, 5.41) is 0.454. The van der Waals surface area contributed by atoms with Crippen molar-refractivity contribution in [3.63, 3.8) is 0 Å². The maximum absolute atomic E-state index is 12.8. The second kappa shape index (κ2) is 6.24. The molecule has 0 heterocycles. The predicted octanol–water partition coefficient (Wildman–Crippen LogP) is 3.93. The molecule has 98 valence electrons. The standard InChI is InChI=1S/C14H13FN2OS/c1-19-14(16)17-12-4-2-3-5-13(12)18-11-8-6-10(15)7-9-11/h2-9H,1H3,(H2,16,17). The van der Waals surface area contributed by atoms with Crippen LogP contribution in [0.5, 0.6) is 11.5 Å². The molecule has 0 amide bonds. The largest absolute Gasteiger partial charge is 0.455 e. The summed E-state index contributed by atoms with van der Waals surface area (Å²) >= 11 is 1.36. The Kier molecular flexibility index (Phi) is 4.41. The monoisotopic (exact) mass is 276 g/mol. The Bertz CT molecular complexity index is 584. The second-order valence-electron chi connectivity index (χ2n) is 3.68. The molecular formula is C14H13FN2OS. The number of nitrogens with two attached hydrogens (primary N) is 1. The zero-order chi connectivity index (χ0) is 13.7. The molecule has 0 aromatic heterocycles. The molecule has 2 aromatic rings. The summed E-state index contributed by atoms with van der Waals surface area (Å²) in [5.41, 5.74) is 6.33. The van der Waals surface area contributed by atoms with Gasteiger partial charge in [0.25, 0.3) is 0 Å². The van der Waals surface area contributed by atoms with Crippen molar-refractivity contribution in [1.82, 2.24) is 0 Å². The molecule has 0 aliphatic carbocycles. The molecule has 0 saturated heterocycles. The van der Waals surface area contributed by atoms with Crippen LogP contribution in [-0.4, -0.2) is 11.4 Å². The normalized spacial score (nSPS) is 11.4. The molecule has 2 rings (SSSR count). The Hall–Kier alpha value is -2.01. The number of nitrogens with zero attached hydrogens (tertiary/aromatic N) is 1. The molecule has 0 aliphatic heterocycles.